The number of hydrogen-bond donors (Lipinski definition) is 0. The van der Waals surface area contributed by atoms with Gasteiger partial charge in [-0.3, -0.25) is 4.79 Å². The summed E-state index contributed by atoms with van der Waals surface area (Å²) in [4.78, 5) is 21.9. The smallest absolute Gasteiger partial charge is 0.272 e. The lowest BCUT2D eigenvalue weighted by atomic mass is 10.0. The van der Waals surface area contributed by atoms with Crippen molar-refractivity contribution in [3.63, 3.8) is 0 Å². The van der Waals surface area contributed by atoms with Gasteiger partial charge in [0.15, 0.2) is 0 Å². The van der Waals surface area contributed by atoms with Crippen LogP contribution in [0.5, 0.6) is 0 Å². The third kappa shape index (κ3) is 7.71. The first-order valence-electron chi connectivity index (χ1n) is 12.2. The first-order chi connectivity index (χ1) is 16.8. The predicted octanol–water partition coefficient (Wildman–Crippen LogP) is 7.57. The highest BCUT2D eigenvalue weighted by molar-refractivity contribution is 14.2. The van der Waals surface area contributed by atoms with Crippen molar-refractivity contribution in [1.29, 1.82) is 0 Å². The fraction of sp³-hybridized carbons (Fsp3) is 0.429. The van der Waals surface area contributed by atoms with Crippen LogP contribution >= 0.6 is 30.1 Å². The number of benzene rings is 1. The highest BCUT2D eigenvalue weighted by Gasteiger charge is 2.28. The summed E-state index contributed by atoms with van der Waals surface area (Å²) in [6.45, 7) is 13.0. The van der Waals surface area contributed by atoms with E-state index in [0.717, 1.165) is 44.3 Å². The van der Waals surface area contributed by atoms with Gasteiger partial charge in [0.1, 0.15) is 17.3 Å². The predicted molar refractivity (Wildman–Crippen MR) is 157 cm³/mol. The van der Waals surface area contributed by atoms with Gasteiger partial charge in [-0.15, -0.1) is 0 Å². The molecular formula is C28H35FIN3OS. The van der Waals surface area contributed by atoms with Gasteiger partial charge in [0, 0.05) is 57.7 Å². The van der Waals surface area contributed by atoms with Crippen LogP contribution in [0.2, 0.25) is 0 Å². The molecular weight excluding hydrogens is 572 g/mol. The molecule has 35 heavy (non-hydrogen) atoms. The van der Waals surface area contributed by atoms with Gasteiger partial charge in [0.05, 0.1) is 0 Å². The Labute approximate surface area is 226 Å². The highest BCUT2D eigenvalue weighted by Crippen LogP contribution is 2.27. The molecule has 1 saturated heterocycles. The first-order valence-corrected chi connectivity index (χ1v) is 15.5. The molecule has 0 saturated carbocycles. The van der Waals surface area contributed by atoms with E-state index in [0.29, 0.717) is 28.2 Å². The van der Waals surface area contributed by atoms with Crippen molar-refractivity contribution in [1.82, 2.24) is 9.80 Å². The second-order valence-corrected chi connectivity index (χ2v) is 9.95. The molecule has 2 heterocycles. The van der Waals surface area contributed by atoms with Crippen LogP contribution in [0.4, 0.5) is 4.39 Å². The quantitative estimate of drug-likeness (QED) is 0.262. The zero-order valence-electron chi connectivity index (χ0n) is 21.3. The monoisotopic (exact) mass is 607 g/mol. The highest BCUT2D eigenvalue weighted by atomic mass is 127. The average molecular weight is 608 g/mol. The number of rotatable bonds is 4. The van der Waals surface area contributed by atoms with Crippen molar-refractivity contribution in [3.05, 3.63) is 65.4 Å². The molecule has 0 bridgehead atoms. The molecule has 7 heteroatoms. The van der Waals surface area contributed by atoms with Crippen molar-refractivity contribution in [2.45, 2.75) is 65.8 Å². The number of halogens is 2. The van der Waals surface area contributed by atoms with Crippen molar-refractivity contribution < 1.29 is 9.18 Å². The lowest BCUT2D eigenvalue weighted by Gasteiger charge is -2.31. The summed E-state index contributed by atoms with van der Waals surface area (Å²) < 4.78 is 14.8. The molecule has 188 valence electrons. The third-order valence-electron chi connectivity index (χ3n) is 6.06. The maximum Gasteiger partial charge on any atom is 0.272 e. The molecule has 1 unspecified atom stereocenters. The molecule has 2 aliphatic heterocycles. The van der Waals surface area contributed by atoms with Gasteiger partial charge >= 0.3 is 0 Å². The fourth-order valence-electron chi connectivity index (χ4n) is 4.10. The molecule has 1 aromatic rings. The Morgan fingerprint density at radius 1 is 1.34 bits per heavy atom. The SMILES string of the molecule is C=C(/C=C1/N=C(C(=O)N2CCCCCC2C)C=C(CC)N1C)c1ccc(C#CSI)cc1F.CC. The third-order valence-corrected chi connectivity index (χ3v) is 6.90. The van der Waals surface area contributed by atoms with Crippen LogP contribution in [0.3, 0.4) is 0 Å². The van der Waals surface area contributed by atoms with Gasteiger partial charge in [-0.05, 0) is 70.2 Å². The van der Waals surface area contributed by atoms with Gasteiger partial charge in [-0.2, -0.15) is 0 Å². The molecule has 0 aromatic heterocycles. The topological polar surface area (TPSA) is 35.9 Å². The zero-order valence-corrected chi connectivity index (χ0v) is 24.3. The molecule has 3 rings (SSSR count). The van der Waals surface area contributed by atoms with E-state index in [2.05, 4.69) is 50.9 Å². The summed E-state index contributed by atoms with van der Waals surface area (Å²) in [5.41, 5.74) is 2.91. The summed E-state index contributed by atoms with van der Waals surface area (Å²) in [7, 11) is 3.26. The Hall–Kier alpha value is -2.05. The minimum atomic E-state index is -0.384. The second-order valence-electron chi connectivity index (χ2n) is 8.27. The van der Waals surface area contributed by atoms with Crippen LogP contribution < -0.4 is 0 Å². The molecule has 1 atom stereocenters. The molecule has 1 fully saturated rings. The molecule has 1 amide bonds. The molecule has 0 N–H and O–H groups in total. The average Bonchev–Trinajstić information content (AvgIpc) is 3.08. The number of amides is 1. The molecule has 2 aliphatic rings. The summed E-state index contributed by atoms with van der Waals surface area (Å²) in [5.74, 6) is 3.06. The lowest BCUT2D eigenvalue weighted by Crippen LogP contribution is -2.43. The van der Waals surface area contributed by atoms with E-state index in [1.165, 1.54) is 15.0 Å². The van der Waals surface area contributed by atoms with E-state index in [1.807, 2.05) is 43.7 Å². The van der Waals surface area contributed by atoms with Gasteiger partial charge in [0.2, 0.25) is 0 Å². The molecule has 0 radical (unpaired) electrons. The first kappa shape index (κ1) is 29.2. The summed E-state index contributed by atoms with van der Waals surface area (Å²) in [6, 6.07) is 5.08. The van der Waals surface area contributed by atoms with Crippen LogP contribution in [0.25, 0.3) is 5.57 Å². The molecule has 1 aromatic carbocycles. The summed E-state index contributed by atoms with van der Waals surface area (Å²) >= 11 is 2.08. The number of likely N-dealkylation sites (tertiary alicyclic amines) is 1. The van der Waals surface area contributed by atoms with Crippen LogP contribution in [0.1, 0.15) is 70.9 Å². The van der Waals surface area contributed by atoms with E-state index < -0.39 is 0 Å². The van der Waals surface area contributed by atoms with Gasteiger partial charge < -0.3 is 9.80 Å². The summed E-state index contributed by atoms with van der Waals surface area (Å²) in [6.07, 6.45) is 8.69. The Bertz CT molecular complexity index is 1080. The number of nitrogens with zero attached hydrogens (tertiary/aromatic N) is 3. The van der Waals surface area contributed by atoms with Crippen LogP contribution in [0, 0.1) is 17.0 Å². The standard InChI is InChI=1S/C26H29FIN3OS.C2H6/c1-5-21-17-24(26(32)31-13-8-6-7-9-19(31)3)29-25(30(21)4)15-18(2)22-11-10-20(12-14-33-28)16-23(22)27;1-2/h10-11,15-17,19H,2,5-9,13H2,1,3-4H3;1-2H3/b25-15-;. The molecule has 4 nitrogen and oxygen atoms in total. The van der Waals surface area contributed by atoms with E-state index in [4.69, 9.17) is 0 Å². The van der Waals surface area contributed by atoms with E-state index in [9.17, 15) is 9.18 Å². The van der Waals surface area contributed by atoms with Crippen LogP contribution in [-0.4, -0.2) is 41.1 Å². The van der Waals surface area contributed by atoms with Gasteiger partial charge in [0.25, 0.3) is 5.91 Å². The maximum absolute atomic E-state index is 14.8. The number of carbonyl (C=O) groups excluding carboxylic acids is 1. The number of aliphatic imine (C=N–C) groups is 1. The lowest BCUT2D eigenvalue weighted by molar-refractivity contribution is -0.125. The Morgan fingerprint density at radius 2 is 2.09 bits per heavy atom. The molecule has 0 spiro atoms. The largest absolute Gasteiger partial charge is 0.335 e. The number of allylic oxidation sites excluding steroid dienone is 3. The Kier molecular flexibility index (Phi) is 12.1. The van der Waals surface area contributed by atoms with E-state index >= 15 is 0 Å². The van der Waals surface area contributed by atoms with Crippen molar-refractivity contribution in [3.8, 4) is 11.2 Å². The van der Waals surface area contributed by atoms with Crippen LogP contribution in [0.15, 0.2) is 53.4 Å². The Balaban J connectivity index is 0.00000210. The van der Waals surface area contributed by atoms with Crippen LogP contribution in [-0.2, 0) is 4.79 Å². The second kappa shape index (κ2) is 14.5. The number of hydrogen-bond acceptors (Lipinski definition) is 4. The normalized spacial score (nSPS) is 18.9. The van der Waals surface area contributed by atoms with Crippen molar-refractivity contribution in [2.24, 2.45) is 4.99 Å². The van der Waals surface area contributed by atoms with E-state index in [-0.39, 0.29) is 17.8 Å². The number of carbonyl (C=O) groups is 1. The summed E-state index contributed by atoms with van der Waals surface area (Å²) in [5, 5.41) is 2.86. The fourth-order valence-corrected chi connectivity index (χ4v) is 4.59. The van der Waals surface area contributed by atoms with E-state index in [1.54, 1.807) is 18.2 Å². The zero-order chi connectivity index (χ0) is 26.0. The van der Waals surface area contributed by atoms with Gasteiger partial charge in [-0.1, -0.05) is 52.2 Å². The minimum Gasteiger partial charge on any atom is -0.335 e. The molecule has 0 aliphatic carbocycles. The van der Waals surface area contributed by atoms with Crippen molar-refractivity contribution in [2.75, 3.05) is 13.6 Å². The van der Waals surface area contributed by atoms with Crippen molar-refractivity contribution >= 4 is 47.3 Å². The minimum absolute atomic E-state index is 0.0396. The van der Waals surface area contributed by atoms with Gasteiger partial charge in [-0.25, -0.2) is 9.38 Å². The maximum atomic E-state index is 14.8. The Morgan fingerprint density at radius 3 is 2.74 bits per heavy atom.